The fourth-order valence-electron chi connectivity index (χ4n) is 4.03. The summed E-state index contributed by atoms with van der Waals surface area (Å²) in [5.41, 5.74) is 3.12. The van der Waals surface area contributed by atoms with Crippen LogP contribution in [-0.4, -0.2) is 36.0 Å². The number of hydrogen-bond acceptors (Lipinski definition) is 6. The van der Waals surface area contributed by atoms with Gasteiger partial charge in [0.2, 0.25) is 0 Å². The summed E-state index contributed by atoms with van der Waals surface area (Å²) >= 11 is 3.44. The van der Waals surface area contributed by atoms with E-state index in [1.165, 1.54) is 6.08 Å². The first-order valence-corrected chi connectivity index (χ1v) is 13.8. The van der Waals surface area contributed by atoms with Crippen LogP contribution >= 0.6 is 15.9 Å². The molecule has 1 saturated heterocycles. The van der Waals surface area contributed by atoms with E-state index in [0.29, 0.717) is 48.2 Å². The SMILES string of the molecule is CCCOc1ccc(CN2C(=O)NC(=O)/C(=C\c3cc(Br)ccc3OCc3ccc(C)cc3)C2=O)cc1OCC. The maximum Gasteiger partial charge on any atom is 0.331 e. The maximum absolute atomic E-state index is 13.4. The lowest BCUT2D eigenvalue weighted by Crippen LogP contribution is -2.53. The van der Waals surface area contributed by atoms with Crippen molar-refractivity contribution in [3.8, 4) is 17.2 Å². The second-order valence-corrected chi connectivity index (χ2v) is 10.1. The standard InChI is InChI=1S/C31H31BrN2O6/c1-4-14-39-27-12-10-22(15-28(27)38-5-2)18-34-30(36)25(29(35)33-31(34)37)17-23-16-24(32)11-13-26(23)40-19-21-8-6-20(3)7-9-21/h6-13,15-17H,4-5,14,18-19H2,1-3H3,(H,33,35,37)/b25-17+. The average Bonchev–Trinajstić information content (AvgIpc) is 2.93. The Labute approximate surface area is 242 Å². The Morgan fingerprint density at radius 1 is 0.850 bits per heavy atom. The number of halogens is 1. The molecule has 40 heavy (non-hydrogen) atoms. The number of hydrogen-bond donors (Lipinski definition) is 1. The van der Waals surface area contributed by atoms with Crippen molar-refractivity contribution in [2.45, 2.75) is 40.3 Å². The lowest BCUT2D eigenvalue weighted by molar-refractivity contribution is -0.130. The Balaban J connectivity index is 1.59. The van der Waals surface area contributed by atoms with Crippen LogP contribution in [0, 0.1) is 6.92 Å². The van der Waals surface area contributed by atoms with Crippen LogP contribution in [0.25, 0.3) is 6.08 Å². The van der Waals surface area contributed by atoms with Gasteiger partial charge in [0.05, 0.1) is 19.8 Å². The predicted octanol–water partition coefficient (Wildman–Crippen LogP) is 6.19. The molecule has 4 amide bonds. The number of carbonyl (C=O) groups is 3. The van der Waals surface area contributed by atoms with Gasteiger partial charge in [0.25, 0.3) is 11.8 Å². The molecule has 0 unspecified atom stereocenters. The molecular weight excluding hydrogens is 576 g/mol. The summed E-state index contributed by atoms with van der Waals surface area (Å²) in [4.78, 5) is 39.9. The first-order chi connectivity index (χ1) is 19.3. The molecule has 0 radical (unpaired) electrons. The molecule has 8 nitrogen and oxygen atoms in total. The molecule has 4 rings (SSSR count). The number of amides is 4. The van der Waals surface area contributed by atoms with Crippen molar-refractivity contribution < 1.29 is 28.6 Å². The van der Waals surface area contributed by atoms with E-state index in [1.54, 1.807) is 30.3 Å². The minimum Gasteiger partial charge on any atom is -0.490 e. The summed E-state index contributed by atoms with van der Waals surface area (Å²) in [7, 11) is 0. The third kappa shape index (κ3) is 7.09. The van der Waals surface area contributed by atoms with Crippen LogP contribution in [0.4, 0.5) is 4.79 Å². The zero-order valence-corrected chi connectivity index (χ0v) is 24.2. The molecule has 1 aliphatic heterocycles. The first-order valence-electron chi connectivity index (χ1n) is 13.0. The molecule has 3 aromatic rings. The van der Waals surface area contributed by atoms with Crippen molar-refractivity contribution in [1.82, 2.24) is 10.2 Å². The van der Waals surface area contributed by atoms with E-state index in [2.05, 4.69) is 21.2 Å². The van der Waals surface area contributed by atoms with Crippen molar-refractivity contribution in [2.75, 3.05) is 13.2 Å². The van der Waals surface area contributed by atoms with E-state index >= 15 is 0 Å². The van der Waals surface area contributed by atoms with Gasteiger partial charge in [-0.3, -0.25) is 19.8 Å². The number of benzene rings is 3. The Morgan fingerprint density at radius 2 is 1.57 bits per heavy atom. The quantitative estimate of drug-likeness (QED) is 0.207. The van der Waals surface area contributed by atoms with E-state index in [1.807, 2.05) is 51.1 Å². The summed E-state index contributed by atoms with van der Waals surface area (Å²) < 4.78 is 18.2. The number of nitrogens with zero attached hydrogens (tertiary/aromatic N) is 1. The lowest BCUT2D eigenvalue weighted by Gasteiger charge is -2.27. The minimum absolute atomic E-state index is 0.0569. The van der Waals surface area contributed by atoms with E-state index in [4.69, 9.17) is 14.2 Å². The number of nitrogens with one attached hydrogen (secondary N) is 1. The van der Waals surface area contributed by atoms with Crippen molar-refractivity contribution in [3.05, 3.63) is 93.0 Å². The number of rotatable bonds is 11. The van der Waals surface area contributed by atoms with Gasteiger partial charge in [-0.15, -0.1) is 0 Å². The minimum atomic E-state index is -0.790. The first kappa shape index (κ1) is 28.9. The molecule has 0 spiro atoms. The summed E-state index contributed by atoms with van der Waals surface area (Å²) in [6, 6.07) is 17.8. The Hall–Kier alpha value is -4.11. The van der Waals surface area contributed by atoms with E-state index in [9.17, 15) is 14.4 Å². The van der Waals surface area contributed by atoms with Crippen LogP contribution in [0.3, 0.4) is 0 Å². The molecule has 1 fully saturated rings. The molecule has 0 bridgehead atoms. The number of ether oxygens (including phenoxy) is 3. The summed E-state index contributed by atoms with van der Waals surface area (Å²) in [6.07, 6.45) is 2.29. The third-order valence-electron chi connectivity index (χ3n) is 6.08. The molecule has 1 heterocycles. The van der Waals surface area contributed by atoms with Gasteiger partial charge in [-0.1, -0.05) is 58.7 Å². The molecular formula is C31H31BrN2O6. The molecule has 9 heteroatoms. The van der Waals surface area contributed by atoms with Gasteiger partial charge in [0.1, 0.15) is 17.9 Å². The summed E-state index contributed by atoms with van der Waals surface area (Å²) in [5, 5.41) is 2.28. The zero-order valence-electron chi connectivity index (χ0n) is 22.7. The number of barbiturate groups is 1. The van der Waals surface area contributed by atoms with E-state index in [-0.39, 0.29) is 12.1 Å². The highest BCUT2D eigenvalue weighted by molar-refractivity contribution is 9.10. The Kier molecular flexibility index (Phi) is 9.60. The maximum atomic E-state index is 13.4. The van der Waals surface area contributed by atoms with Crippen molar-refractivity contribution in [2.24, 2.45) is 0 Å². The second-order valence-electron chi connectivity index (χ2n) is 9.23. The highest BCUT2D eigenvalue weighted by Crippen LogP contribution is 2.31. The Morgan fingerprint density at radius 3 is 2.30 bits per heavy atom. The van der Waals surface area contributed by atoms with Crippen molar-refractivity contribution in [1.29, 1.82) is 0 Å². The summed E-state index contributed by atoms with van der Waals surface area (Å²) in [5.74, 6) is 0.126. The number of imide groups is 2. The molecule has 0 aromatic heterocycles. The van der Waals surface area contributed by atoms with Gasteiger partial charge in [-0.05, 0) is 67.8 Å². The van der Waals surface area contributed by atoms with Crippen LogP contribution in [-0.2, 0) is 22.7 Å². The van der Waals surface area contributed by atoms with Crippen molar-refractivity contribution in [3.63, 3.8) is 0 Å². The molecule has 3 aromatic carbocycles. The van der Waals surface area contributed by atoms with Gasteiger partial charge < -0.3 is 14.2 Å². The van der Waals surface area contributed by atoms with Gasteiger partial charge in [-0.2, -0.15) is 0 Å². The highest BCUT2D eigenvalue weighted by Gasteiger charge is 2.36. The third-order valence-corrected chi connectivity index (χ3v) is 6.58. The largest absolute Gasteiger partial charge is 0.490 e. The van der Waals surface area contributed by atoms with Crippen molar-refractivity contribution >= 4 is 39.9 Å². The molecule has 0 aliphatic carbocycles. The summed E-state index contributed by atoms with van der Waals surface area (Å²) in [6.45, 7) is 7.10. The van der Waals surface area contributed by atoms with Crippen LogP contribution in [0.2, 0.25) is 0 Å². The zero-order chi connectivity index (χ0) is 28.6. The van der Waals surface area contributed by atoms with Crippen LogP contribution < -0.4 is 19.5 Å². The topological polar surface area (TPSA) is 94.2 Å². The van der Waals surface area contributed by atoms with E-state index in [0.717, 1.165) is 26.9 Å². The molecule has 0 saturated carbocycles. The molecule has 208 valence electrons. The van der Waals surface area contributed by atoms with Crippen LogP contribution in [0.1, 0.15) is 42.5 Å². The van der Waals surface area contributed by atoms with Gasteiger partial charge in [0, 0.05) is 10.0 Å². The fraction of sp³-hybridized carbons (Fsp3) is 0.258. The predicted molar refractivity (Wildman–Crippen MR) is 155 cm³/mol. The average molecular weight is 608 g/mol. The molecule has 1 N–H and O–H groups in total. The molecule has 1 aliphatic rings. The molecule has 0 atom stereocenters. The normalized spacial score (nSPS) is 14.3. The lowest BCUT2D eigenvalue weighted by atomic mass is 10.1. The number of aryl methyl sites for hydroxylation is 1. The fourth-order valence-corrected chi connectivity index (χ4v) is 4.41. The van der Waals surface area contributed by atoms with Crippen LogP contribution in [0.15, 0.2) is 70.7 Å². The monoisotopic (exact) mass is 606 g/mol. The van der Waals surface area contributed by atoms with Crippen LogP contribution in [0.5, 0.6) is 17.2 Å². The Bertz CT molecular complexity index is 1430. The van der Waals surface area contributed by atoms with Gasteiger partial charge in [-0.25, -0.2) is 4.79 Å². The second kappa shape index (κ2) is 13.3. The number of urea groups is 1. The number of carbonyl (C=O) groups excluding carboxylic acids is 3. The van der Waals surface area contributed by atoms with Gasteiger partial charge in [0.15, 0.2) is 11.5 Å². The van der Waals surface area contributed by atoms with Gasteiger partial charge >= 0.3 is 6.03 Å². The highest BCUT2D eigenvalue weighted by atomic mass is 79.9. The smallest absolute Gasteiger partial charge is 0.331 e. The van der Waals surface area contributed by atoms with E-state index < -0.39 is 17.8 Å².